The highest BCUT2D eigenvalue weighted by Crippen LogP contribution is 2.40. The van der Waals surface area contributed by atoms with E-state index >= 15 is 0 Å². The Morgan fingerprint density at radius 2 is 1.80 bits per heavy atom. The van der Waals surface area contributed by atoms with Crippen LogP contribution in [0, 0.1) is 0 Å². The molecule has 0 atom stereocenters. The van der Waals surface area contributed by atoms with E-state index in [1.807, 2.05) is 12.4 Å². The topological polar surface area (TPSA) is 27.1 Å². The predicted molar refractivity (Wildman–Crippen MR) is 86.5 cm³/mol. The average Bonchev–Trinajstić information content (AvgIpc) is 2.74. The molecule has 0 aliphatic heterocycles. The Labute approximate surface area is 124 Å². The predicted octanol–water partition coefficient (Wildman–Crippen LogP) is 4.47. The summed E-state index contributed by atoms with van der Waals surface area (Å²) in [7, 11) is 0.485. The van der Waals surface area contributed by atoms with Gasteiger partial charge in [-0.1, -0.05) is 20.8 Å². The summed E-state index contributed by atoms with van der Waals surface area (Å²) < 4.78 is 8.72. The molecule has 1 aromatic heterocycles. The fourth-order valence-corrected chi connectivity index (χ4v) is 4.23. The van der Waals surface area contributed by atoms with E-state index < -0.39 is 8.32 Å². The second-order valence-corrected chi connectivity index (χ2v) is 12.5. The van der Waals surface area contributed by atoms with Crippen LogP contribution in [-0.2, 0) is 11.5 Å². The first-order valence-electron chi connectivity index (χ1n) is 7.86. The van der Waals surface area contributed by atoms with Crippen LogP contribution < -0.4 is 0 Å². The molecule has 0 bridgehead atoms. The summed E-state index contributed by atoms with van der Waals surface area (Å²) >= 11 is 0. The molecule has 0 amide bonds. The molecule has 1 aromatic rings. The zero-order valence-electron chi connectivity index (χ0n) is 13.9. The fraction of sp³-hybridized carbons (Fsp3) is 0.812. The van der Waals surface area contributed by atoms with Crippen molar-refractivity contribution in [2.75, 3.05) is 0 Å². The van der Waals surface area contributed by atoms with E-state index in [2.05, 4.69) is 50.5 Å². The van der Waals surface area contributed by atoms with Crippen LogP contribution in [0.4, 0.5) is 0 Å². The Hall–Kier alpha value is -0.613. The lowest BCUT2D eigenvalue weighted by Gasteiger charge is -2.41. The van der Waals surface area contributed by atoms with Gasteiger partial charge in [0.15, 0.2) is 8.32 Å². The van der Waals surface area contributed by atoms with Gasteiger partial charge in [-0.05, 0) is 43.8 Å². The number of hydrogen-bond acceptors (Lipinski definition) is 2. The van der Waals surface area contributed by atoms with E-state index in [-0.39, 0.29) is 0 Å². The first-order chi connectivity index (χ1) is 9.21. The van der Waals surface area contributed by atoms with Gasteiger partial charge in [0.1, 0.15) is 5.82 Å². The van der Waals surface area contributed by atoms with Gasteiger partial charge in [0.25, 0.3) is 0 Å². The SMILES string of the molecule is Cn1ccnc1C1CCC(O[Si](C)(C)C(C)(C)C)CC1. The molecule has 20 heavy (non-hydrogen) atoms. The van der Waals surface area contributed by atoms with Gasteiger partial charge in [0, 0.05) is 31.5 Å². The van der Waals surface area contributed by atoms with Crippen molar-refractivity contribution in [3.8, 4) is 0 Å². The van der Waals surface area contributed by atoms with Gasteiger partial charge in [-0.2, -0.15) is 0 Å². The van der Waals surface area contributed by atoms with Crippen LogP contribution in [0.2, 0.25) is 18.1 Å². The molecule has 0 aromatic carbocycles. The maximum Gasteiger partial charge on any atom is 0.192 e. The van der Waals surface area contributed by atoms with Crippen molar-refractivity contribution in [1.82, 2.24) is 9.55 Å². The lowest BCUT2D eigenvalue weighted by atomic mass is 9.87. The van der Waals surface area contributed by atoms with E-state index in [1.165, 1.54) is 31.5 Å². The van der Waals surface area contributed by atoms with Crippen LogP contribution >= 0.6 is 0 Å². The van der Waals surface area contributed by atoms with Crippen molar-refractivity contribution >= 4 is 8.32 Å². The quantitative estimate of drug-likeness (QED) is 0.769. The lowest BCUT2D eigenvalue weighted by molar-refractivity contribution is 0.128. The van der Waals surface area contributed by atoms with E-state index in [0.29, 0.717) is 17.1 Å². The van der Waals surface area contributed by atoms with Crippen LogP contribution in [0.15, 0.2) is 12.4 Å². The Kier molecular flexibility index (Phi) is 4.45. The highest BCUT2D eigenvalue weighted by molar-refractivity contribution is 6.74. The summed E-state index contributed by atoms with van der Waals surface area (Å²) in [5.41, 5.74) is 0. The standard InChI is InChI=1S/C16H30N2OSi/c1-16(2,3)20(5,6)19-14-9-7-13(8-10-14)15-17-11-12-18(15)4/h11-14H,7-10H2,1-6H3. The molecule has 1 heterocycles. The molecule has 2 rings (SSSR count). The molecule has 1 saturated carbocycles. The van der Waals surface area contributed by atoms with Crippen molar-refractivity contribution in [1.29, 1.82) is 0 Å². The number of imidazole rings is 1. The minimum atomic E-state index is -1.61. The second-order valence-electron chi connectivity index (χ2n) is 7.75. The van der Waals surface area contributed by atoms with E-state index in [0.717, 1.165) is 0 Å². The number of aryl methyl sites for hydroxylation is 1. The Morgan fingerprint density at radius 1 is 1.20 bits per heavy atom. The molecule has 0 spiro atoms. The largest absolute Gasteiger partial charge is 0.414 e. The zero-order valence-corrected chi connectivity index (χ0v) is 14.9. The minimum Gasteiger partial charge on any atom is -0.414 e. The molecule has 3 nitrogen and oxygen atoms in total. The van der Waals surface area contributed by atoms with Crippen LogP contribution in [0.3, 0.4) is 0 Å². The normalized spacial score (nSPS) is 24.9. The summed E-state index contributed by atoms with van der Waals surface area (Å²) in [6.45, 7) is 11.7. The fourth-order valence-electron chi connectivity index (χ4n) is 2.80. The van der Waals surface area contributed by atoms with Gasteiger partial charge in [-0.25, -0.2) is 4.98 Å². The number of nitrogens with zero attached hydrogens (tertiary/aromatic N) is 2. The Balaban J connectivity index is 1.91. The van der Waals surface area contributed by atoms with Gasteiger partial charge in [0.2, 0.25) is 0 Å². The zero-order chi connectivity index (χ0) is 15.0. The maximum absolute atomic E-state index is 6.55. The van der Waals surface area contributed by atoms with Gasteiger partial charge in [0.05, 0.1) is 0 Å². The van der Waals surface area contributed by atoms with Crippen LogP contribution in [0.25, 0.3) is 0 Å². The van der Waals surface area contributed by atoms with E-state index in [4.69, 9.17) is 4.43 Å². The highest BCUT2D eigenvalue weighted by atomic mass is 28.4. The molecule has 4 heteroatoms. The molecule has 0 radical (unpaired) electrons. The van der Waals surface area contributed by atoms with Crippen molar-refractivity contribution in [3.63, 3.8) is 0 Å². The molecular weight excluding hydrogens is 264 g/mol. The summed E-state index contributed by atoms with van der Waals surface area (Å²) in [4.78, 5) is 4.51. The first-order valence-corrected chi connectivity index (χ1v) is 10.8. The molecule has 0 unspecified atom stereocenters. The van der Waals surface area contributed by atoms with Crippen LogP contribution in [0.1, 0.15) is 58.2 Å². The molecule has 1 aliphatic carbocycles. The molecule has 1 fully saturated rings. The first kappa shape index (κ1) is 15.8. The van der Waals surface area contributed by atoms with Gasteiger partial charge >= 0.3 is 0 Å². The van der Waals surface area contributed by atoms with Crippen LogP contribution in [-0.4, -0.2) is 24.0 Å². The molecule has 114 valence electrons. The Bertz CT molecular complexity index is 440. The number of rotatable bonds is 3. The van der Waals surface area contributed by atoms with Crippen molar-refractivity contribution in [2.24, 2.45) is 7.05 Å². The summed E-state index contributed by atoms with van der Waals surface area (Å²) in [6, 6.07) is 0. The summed E-state index contributed by atoms with van der Waals surface area (Å²) in [5, 5.41) is 0.309. The average molecular weight is 295 g/mol. The smallest absolute Gasteiger partial charge is 0.192 e. The maximum atomic E-state index is 6.55. The third-order valence-electron chi connectivity index (χ3n) is 5.17. The monoisotopic (exact) mass is 294 g/mol. The molecular formula is C16H30N2OSi. The highest BCUT2D eigenvalue weighted by Gasteiger charge is 2.40. The van der Waals surface area contributed by atoms with Crippen molar-refractivity contribution < 1.29 is 4.43 Å². The number of aromatic nitrogens is 2. The molecule has 0 N–H and O–H groups in total. The van der Waals surface area contributed by atoms with Gasteiger partial charge in [-0.3, -0.25) is 0 Å². The van der Waals surface area contributed by atoms with E-state index in [1.54, 1.807) is 0 Å². The third-order valence-corrected chi connectivity index (χ3v) is 9.70. The van der Waals surface area contributed by atoms with Crippen LogP contribution in [0.5, 0.6) is 0 Å². The summed E-state index contributed by atoms with van der Waals surface area (Å²) in [5.74, 6) is 1.87. The third kappa shape index (κ3) is 3.34. The molecule has 1 aliphatic rings. The minimum absolute atomic E-state index is 0.309. The van der Waals surface area contributed by atoms with Gasteiger partial charge < -0.3 is 8.99 Å². The van der Waals surface area contributed by atoms with E-state index in [9.17, 15) is 0 Å². The number of hydrogen-bond donors (Lipinski definition) is 0. The summed E-state index contributed by atoms with van der Waals surface area (Å²) in [6.07, 6.45) is 9.22. The second kappa shape index (κ2) is 5.64. The molecule has 0 saturated heterocycles. The van der Waals surface area contributed by atoms with Crippen molar-refractivity contribution in [2.45, 2.75) is 76.6 Å². The van der Waals surface area contributed by atoms with Gasteiger partial charge in [-0.15, -0.1) is 0 Å². The lowest BCUT2D eigenvalue weighted by Crippen LogP contribution is -2.44. The van der Waals surface area contributed by atoms with Crippen molar-refractivity contribution in [3.05, 3.63) is 18.2 Å². The Morgan fingerprint density at radius 3 is 2.25 bits per heavy atom.